The van der Waals surface area contributed by atoms with Crippen LogP contribution in [0, 0.1) is 0 Å². The van der Waals surface area contributed by atoms with Crippen molar-refractivity contribution in [2.24, 2.45) is 0 Å². The molecule has 0 unspecified atom stereocenters. The fourth-order valence-electron chi connectivity index (χ4n) is 5.15. The molecule has 0 radical (unpaired) electrons. The number of methoxy groups -OCH3 is 4. The van der Waals surface area contributed by atoms with Gasteiger partial charge in [-0.2, -0.15) is 0 Å². The summed E-state index contributed by atoms with van der Waals surface area (Å²) in [7, 11) is 5.21. The Morgan fingerprint density at radius 1 is 0.473 bits per heavy atom. The first-order chi connectivity index (χ1) is 35.3. The number of benzene rings is 2. The number of halogens is 5. The molecule has 21 nitrogen and oxygen atoms in total. The van der Waals surface area contributed by atoms with Crippen molar-refractivity contribution < 1.29 is 77.9 Å². The predicted molar refractivity (Wildman–Crippen MR) is 281 cm³/mol. The van der Waals surface area contributed by atoms with Crippen molar-refractivity contribution in [3.05, 3.63) is 178 Å². The lowest BCUT2D eigenvalue weighted by Crippen LogP contribution is -2.09. The predicted octanol–water partition coefficient (Wildman–Crippen LogP) is 10.3. The van der Waals surface area contributed by atoms with Crippen LogP contribution in [0.4, 0.5) is 0 Å². The molecule has 5 aromatic heterocycles. The number of carboxylic acid groups (broad SMARTS) is 2. The minimum absolute atomic E-state index is 0.0602. The van der Waals surface area contributed by atoms with Gasteiger partial charge in [-0.1, -0.05) is 60.7 Å². The van der Waals surface area contributed by atoms with Gasteiger partial charge in [-0.3, -0.25) is 0 Å². The molecule has 0 atom stereocenters. The number of rotatable bonds is 12. The molecule has 2 aromatic carbocycles. The third kappa shape index (κ3) is 19.3. The molecule has 0 bridgehead atoms. The Hall–Kier alpha value is -7.26. The Kier molecular flexibility index (Phi) is 25.9. The summed E-state index contributed by atoms with van der Waals surface area (Å²) in [5.74, 6) is -4.16. The van der Waals surface area contributed by atoms with Crippen LogP contribution in [0.3, 0.4) is 0 Å². The molecule has 0 aliphatic heterocycles. The molecular weight excluding hydrogens is 1300 g/mol. The monoisotopic (exact) mass is 1340 g/mol. The number of carboxylic acids is 2. The van der Waals surface area contributed by atoms with Crippen LogP contribution in [0.1, 0.15) is 63.6 Å². The first-order valence-corrected chi connectivity index (χ1v) is 24.2. The van der Waals surface area contributed by atoms with Crippen molar-refractivity contribution in [3.63, 3.8) is 0 Å². The molecule has 0 aliphatic rings. The first kappa shape index (κ1) is 61.0. The summed E-state index contributed by atoms with van der Waals surface area (Å²) >= 11 is 15.9. The fraction of sp³-hybridized carbons (Fsp3) is 0.125. The van der Waals surface area contributed by atoms with E-state index in [0.717, 1.165) is 11.1 Å². The number of ether oxygens (including phenoxy) is 6. The van der Waals surface area contributed by atoms with Crippen molar-refractivity contribution in [3.8, 4) is 34.5 Å². The number of hydrogen-bond acceptors (Lipinski definition) is 19. The van der Waals surface area contributed by atoms with Gasteiger partial charge in [0.2, 0.25) is 0 Å². The highest BCUT2D eigenvalue weighted by atomic mass is 79.9. The van der Waals surface area contributed by atoms with E-state index in [1.54, 1.807) is 12.1 Å². The van der Waals surface area contributed by atoms with E-state index in [4.69, 9.17) is 34.3 Å². The molecule has 5 heterocycles. The van der Waals surface area contributed by atoms with Crippen LogP contribution in [-0.4, -0.2) is 109 Å². The Morgan fingerprint density at radius 2 is 0.878 bits per heavy atom. The van der Waals surface area contributed by atoms with Gasteiger partial charge < -0.3 is 54.0 Å². The molecule has 0 spiro atoms. The van der Waals surface area contributed by atoms with Crippen molar-refractivity contribution in [1.82, 2.24) is 24.9 Å². The number of carbonyl (C=O) groups is 5. The highest BCUT2D eigenvalue weighted by molar-refractivity contribution is 9.11. The molecule has 5 N–H and O–H groups in total. The first-order valence-electron chi connectivity index (χ1n) is 20.2. The largest absolute Gasteiger partial charge is 0.505 e. The maximum atomic E-state index is 11.7. The Labute approximate surface area is 463 Å². The standard InChI is InChI=1S/C14H11Br2NO3.C14H12BrNO4.C7H5Br2NO3.C7H7NO3.C6H5NO3/c1-19-14(18)12-13(10(15)7-11(16)17-12)20-8-9-5-3-2-4-6-9;1-19-10-7-11(15)16-12(14(17)18)13(10)20-8-9-5-3-2-4-6-9;1-13-7(12)5-6(11)3(8)2-4(9)10-5;1-11-7(10)6-5(9)3-2-4-8-6;8-4-2-1-3-7-5(4)6(9)10/h2-7H,8H2,1H3;2-7H,8H2,1H3,(H,17,18);2,11H,1H3;2-4,9H,1H3;1-3,8H,(H,9,10). The van der Waals surface area contributed by atoms with Gasteiger partial charge in [0.05, 0.1) is 37.4 Å². The van der Waals surface area contributed by atoms with Crippen LogP contribution in [0.5, 0.6) is 34.5 Å². The minimum Gasteiger partial charge on any atom is -0.505 e. The second-order valence-corrected chi connectivity index (χ2v) is 17.6. The number of esters is 3. The average molecular weight is 1340 g/mol. The summed E-state index contributed by atoms with van der Waals surface area (Å²) < 4.78 is 32.3. The van der Waals surface area contributed by atoms with E-state index in [0.29, 0.717) is 40.9 Å². The zero-order chi connectivity index (χ0) is 54.9. The van der Waals surface area contributed by atoms with Crippen molar-refractivity contribution in [1.29, 1.82) is 0 Å². The molecule has 0 saturated heterocycles. The second kappa shape index (κ2) is 31.4. The number of aromatic nitrogens is 5. The van der Waals surface area contributed by atoms with Crippen molar-refractivity contribution in [2.45, 2.75) is 13.2 Å². The Balaban J connectivity index is 0.000000251. The van der Waals surface area contributed by atoms with Crippen LogP contribution in [0.25, 0.3) is 0 Å². The summed E-state index contributed by atoms with van der Waals surface area (Å²) in [5.41, 5.74) is 1.37. The number of aromatic hydroxyl groups is 3. The van der Waals surface area contributed by atoms with Crippen LogP contribution in [0.2, 0.25) is 0 Å². The van der Waals surface area contributed by atoms with Gasteiger partial charge >= 0.3 is 29.8 Å². The van der Waals surface area contributed by atoms with Gasteiger partial charge in [0.15, 0.2) is 51.5 Å². The fourth-order valence-corrected chi connectivity index (χ4v) is 7.89. The topological polar surface area (TPSA) is 306 Å². The lowest BCUT2D eigenvalue weighted by Gasteiger charge is -2.13. The van der Waals surface area contributed by atoms with Gasteiger partial charge in [0.25, 0.3) is 0 Å². The molecule has 0 fully saturated rings. The molecule has 0 aliphatic carbocycles. The Morgan fingerprint density at radius 3 is 1.32 bits per heavy atom. The maximum absolute atomic E-state index is 11.7. The van der Waals surface area contributed by atoms with Gasteiger partial charge in [-0.15, -0.1) is 0 Å². The summed E-state index contributed by atoms with van der Waals surface area (Å²) in [4.78, 5) is 73.8. The van der Waals surface area contributed by atoms with E-state index in [9.17, 15) is 34.2 Å². The number of nitrogens with zero attached hydrogens (tertiary/aromatic N) is 5. The van der Waals surface area contributed by atoms with Crippen LogP contribution in [-0.2, 0) is 27.4 Å². The van der Waals surface area contributed by atoms with Gasteiger partial charge in [-0.05, 0) is 127 Å². The highest BCUT2D eigenvalue weighted by Gasteiger charge is 2.22. The summed E-state index contributed by atoms with van der Waals surface area (Å²) in [5, 5.41) is 44.8. The lowest BCUT2D eigenvalue weighted by molar-refractivity contribution is 0.0579. The maximum Gasteiger partial charge on any atom is 0.360 e. The number of carbonyl (C=O) groups excluding carboxylic acids is 3. The molecule has 7 rings (SSSR count). The second-order valence-electron chi connectivity index (χ2n) is 13.4. The van der Waals surface area contributed by atoms with Gasteiger partial charge in [-0.25, -0.2) is 48.9 Å². The molecule has 0 saturated carbocycles. The summed E-state index contributed by atoms with van der Waals surface area (Å²) in [6.45, 7) is 0.577. The smallest absolute Gasteiger partial charge is 0.360 e. The van der Waals surface area contributed by atoms with Crippen LogP contribution < -0.4 is 14.2 Å². The van der Waals surface area contributed by atoms with E-state index in [2.05, 4.69) is 114 Å². The number of pyridine rings is 5. The molecule has 7 aromatic rings. The third-order valence-electron chi connectivity index (χ3n) is 8.51. The van der Waals surface area contributed by atoms with E-state index in [-0.39, 0.29) is 58.1 Å². The molecule has 0 amide bonds. The van der Waals surface area contributed by atoms with Gasteiger partial charge in [0.1, 0.15) is 38.5 Å². The van der Waals surface area contributed by atoms with E-state index < -0.39 is 29.8 Å². The van der Waals surface area contributed by atoms with E-state index >= 15 is 0 Å². The minimum atomic E-state index is -1.22. The lowest BCUT2D eigenvalue weighted by atomic mass is 10.2. The number of hydrogen-bond donors (Lipinski definition) is 5. The molecule has 26 heteroatoms. The third-order valence-corrected chi connectivity index (χ3v) is 10.9. The molecule has 74 heavy (non-hydrogen) atoms. The zero-order valence-electron chi connectivity index (χ0n) is 38.7. The van der Waals surface area contributed by atoms with Crippen molar-refractivity contribution >= 4 is 109 Å². The van der Waals surface area contributed by atoms with Crippen LogP contribution in [0.15, 0.2) is 138 Å². The van der Waals surface area contributed by atoms with Gasteiger partial charge in [0, 0.05) is 18.5 Å². The van der Waals surface area contributed by atoms with Crippen molar-refractivity contribution in [2.75, 3.05) is 28.4 Å². The van der Waals surface area contributed by atoms with Crippen LogP contribution >= 0.6 is 79.6 Å². The van der Waals surface area contributed by atoms with E-state index in [1.165, 1.54) is 71.2 Å². The SMILES string of the molecule is COC(=O)c1nc(Br)cc(Br)c1O.COC(=O)c1nc(Br)cc(Br)c1OCc1ccccc1.COC(=O)c1ncccc1O.COc1cc(Br)nc(C(=O)O)c1OCc1ccccc1.O=C(O)c1ncccc1O. The summed E-state index contributed by atoms with van der Waals surface area (Å²) in [6.07, 6.45) is 2.72. The van der Waals surface area contributed by atoms with E-state index in [1.807, 2.05) is 60.7 Å². The highest BCUT2D eigenvalue weighted by Crippen LogP contribution is 2.34. The normalized spacial score (nSPS) is 9.80. The average Bonchev–Trinajstić information content (AvgIpc) is 3.39. The molecule has 388 valence electrons. The number of aromatic carboxylic acids is 2. The zero-order valence-corrected chi connectivity index (χ0v) is 46.7. The quantitative estimate of drug-likeness (QED) is 0.0431. The Bertz CT molecular complexity index is 3030. The molecular formula is C48H40Br5N5O16. The summed E-state index contributed by atoms with van der Waals surface area (Å²) in [6, 6.07) is 29.6.